The van der Waals surface area contributed by atoms with E-state index < -0.39 is 12.1 Å². The SMILES string of the molecule is CCCCCCCCCCN(CCCCCCCCCC)CCOC(=O)CC[C@@H]1NC(=O)[C@H](CCC(=O)OCCN(CCCCCCCCCC)CCCCCCCCCC)NC1=O. The number of piperazine rings is 1. The van der Waals surface area contributed by atoms with E-state index in [4.69, 9.17) is 9.47 Å². The molecule has 1 aliphatic heterocycles. The Morgan fingerprint density at radius 1 is 0.375 bits per heavy atom. The van der Waals surface area contributed by atoms with Gasteiger partial charge >= 0.3 is 11.9 Å². The topological polar surface area (TPSA) is 117 Å². The lowest BCUT2D eigenvalue weighted by Gasteiger charge is -2.29. The number of amides is 2. The largest absolute Gasteiger partial charge is 0.464 e. The number of nitrogens with one attached hydrogen (secondary N) is 2. The highest BCUT2D eigenvalue weighted by molar-refractivity contribution is 5.97. The molecule has 2 N–H and O–H groups in total. The molecule has 0 radical (unpaired) electrons. The van der Waals surface area contributed by atoms with Crippen molar-refractivity contribution in [2.75, 3.05) is 52.5 Å². The lowest BCUT2D eigenvalue weighted by Crippen LogP contribution is -2.61. The second-order valence-electron chi connectivity index (χ2n) is 19.2. The van der Waals surface area contributed by atoms with Crippen molar-refractivity contribution in [2.45, 2.75) is 271 Å². The summed E-state index contributed by atoms with van der Waals surface area (Å²) >= 11 is 0. The molecule has 2 amide bonds. The van der Waals surface area contributed by atoms with Gasteiger partial charge in [0.15, 0.2) is 0 Å². The minimum atomic E-state index is -0.795. The van der Waals surface area contributed by atoms with E-state index >= 15 is 0 Å². The fourth-order valence-corrected chi connectivity index (χ4v) is 8.88. The van der Waals surface area contributed by atoms with Crippen molar-refractivity contribution in [3.63, 3.8) is 0 Å². The van der Waals surface area contributed by atoms with Gasteiger partial charge in [-0.25, -0.2) is 0 Å². The molecule has 0 unspecified atom stereocenters. The van der Waals surface area contributed by atoms with Gasteiger partial charge in [0.05, 0.1) is 0 Å². The summed E-state index contributed by atoms with van der Waals surface area (Å²) < 4.78 is 11.3. The zero-order chi connectivity index (χ0) is 46.6. The lowest BCUT2D eigenvalue weighted by molar-refractivity contribution is -0.146. The third-order valence-corrected chi connectivity index (χ3v) is 13.2. The van der Waals surface area contributed by atoms with Gasteiger partial charge in [-0.15, -0.1) is 0 Å². The van der Waals surface area contributed by atoms with Gasteiger partial charge in [0, 0.05) is 25.9 Å². The van der Waals surface area contributed by atoms with E-state index in [1.807, 2.05) is 0 Å². The number of esters is 2. The Hall–Kier alpha value is -2.20. The number of carbonyl (C=O) groups excluding carboxylic acids is 4. The fourth-order valence-electron chi connectivity index (χ4n) is 8.88. The molecule has 1 fully saturated rings. The van der Waals surface area contributed by atoms with E-state index in [1.54, 1.807) is 0 Å². The van der Waals surface area contributed by atoms with Crippen LogP contribution in [0.15, 0.2) is 0 Å². The molecular formula is C54H104N4O6. The Kier molecular flexibility index (Phi) is 41.7. The molecule has 2 atom stereocenters. The Morgan fingerprint density at radius 3 is 0.859 bits per heavy atom. The van der Waals surface area contributed by atoms with Crippen LogP contribution in [0.3, 0.4) is 0 Å². The molecule has 1 aliphatic rings. The number of unbranched alkanes of at least 4 members (excludes halogenated alkanes) is 28. The summed E-state index contributed by atoms with van der Waals surface area (Å²) in [6.45, 7) is 15.3. The van der Waals surface area contributed by atoms with Crippen molar-refractivity contribution in [1.29, 1.82) is 0 Å². The predicted molar refractivity (Wildman–Crippen MR) is 268 cm³/mol. The highest BCUT2D eigenvalue weighted by Gasteiger charge is 2.34. The molecule has 1 rings (SSSR count). The number of hydrogen-bond acceptors (Lipinski definition) is 8. The second kappa shape index (κ2) is 44.6. The Morgan fingerprint density at radius 2 is 0.609 bits per heavy atom. The maximum Gasteiger partial charge on any atom is 0.305 e. The zero-order valence-electron chi connectivity index (χ0n) is 42.6. The monoisotopic (exact) mass is 905 g/mol. The Labute approximate surface area is 395 Å². The van der Waals surface area contributed by atoms with Crippen LogP contribution < -0.4 is 10.6 Å². The van der Waals surface area contributed by atoms with Crippen LogP contribution in [0.5, 0.6) is 0 Å². The maximum absolute atomic E-state index is 12.9. The summed E-state index contributed by atoms with van der Waals surface area (Å²) in [5.41, 5.74) is 0. The number of nitrogens with zero attached hydrogens (tertiary/aromatic N) is 2. The van der Waals surface area contributed by atoms with Crippen LogP contribution in [-0.4, -0.2) is 98.1 Å². The number of carbonyl (C=O) groups is 4. The second-order valence-corrected chi connectivity index (χ2v) is 19.2. The first-order chi connectivity index (χ1) is 31.3. The minimum absolute atomic E-state index is 0.0561. The van der Waals surface area contributed by atoms with E-state index in [0.29, 0.717) is 13.2 Å². The normalized spacial score (nSPS) is 15.2. The third-order valence-electron chi connectivity index (χ3n) is 13.2. The van der Waals surface area contributed by atoms with E-state index in [0.717, 1.165) is 39.3 Å². The first-order valence-corrected chi connectivity index (χ1v) is 27.7. The van der Waals surface area contributed by atoms with Gasteiger partial charge in [-0.05, 0) is 64.7 Å². The molecule has 0 saturated carbocycles. The number of rotatable bonds is 48. The van der Waals surface area contributed by atoms with Crippen molar-refractivity contribution < 1.29 is 28.7 Å². The predicted octanol–water partition coefficient (Wildman–Crippen LogP) is 12.8. The molecule has 376 valence electrons. The molecule has 0 spiro atoms. The maximum atomic E-state index is 12.9. The summed E-state index contributed by atoms with van der Waals surface area (Å²) in [7, 11) is 0. The molecule has 1 saturated heterocycles. The molecule has 10 nitrogen and oxygen atoms in total. The van der Waals surface area contributed by atoms with Crippen molar-refractivity contribution >= 4 is 23.8 Å². The highest BCUT2D eigenvalue weighted by atomic mass is 16.5. The Bertz CT molecular complexity index is 984. The lowest BCUT2D eigenvalue weighted by atomic mass is 10.0. The van der Waals surface area contributed by atoms with E-state index in [-0.39, 0.29) is 49.4 Å². The smallest absolute Gasteiger partial charge is 0.305 e. The van der Waals surface area contributed by atoms with Crippen molar-refractivity contribution in [1.82, 2.24) is 20.4 Å². The Balaban J connectivity index is 2.41. The van der Waals surface area contributed by atoms with Crippen LogP contribution in [-0.2, 0) is 28.7 Å². The van der Waals surface area contributed by atoms with Gasteiger partial charge in [-0.3, -0.25) is 29.0 Å². The summed E-state index contributed by atoms with van der Waals surface area (Å²) in [5.74, 6) is -1.35. The molecule has 10 heteroatoms. The van der Waals surface area contributed by atoms with E-state index in [9.17, 15) is 19.2 Å². The molecular weight excluding hydrogens is 801 g/mol. The third kappa shape index (κ3) is 36.0. The molecule has 0 aromatic rings. The van der Waals surface area contributed by atoms with Gasteiger partial charge in [-0.2, -0.15) is 0 Å². The first-order valence-electron chi connectivity index (χ1n) is 27.7. The quantitative estimate of drug-likeness (QED) is 0.0458. The van der Waals surface area contributed by atoms with Gasteiger partial charge in [0.25, 0.3) is 0 Å². The van der Waals surface area contributed by atoms with Gasteiger partial charge in [-0.1, -0.05) is 207 Å². The molecule has 0 bridgehead atoms. The van der Waals surface area contributed by atoms with Crippen LogP contribution >= 0.6 is 0 Å². The van der Waals surface area contributed by atoms with Gasteiger partial charge in [0.2, 0.25) is 11.8 Å². The van der Waals surface area contributed by atoms with Crippen LogP contribution in [0, 0.1) is 0 Å². The summed E-state index contributed by atoms with van der Waals surface area (Å²) in [5, 5.41) is 5.56. The zero-order valence-corrected chi connectivity index (χ0v) is 42.6. The molecule has 64 heavy (non-hydrogen) atoms. The van der Waals surface area contributed by atoms with Crippen LogP contribution in [0.1, 0.15) is 259 Å². The van der Waals surface area contributed by atoms with Crippen molar-refractivity contribution in [3.8, 4) is 0 Å². The van der Waals surface area contributed by atoms with Crippen LogP contribution in [0.2, 0.25) is 0 Å². The van der Waals surface area contributed by atoms with Crippen LogP contribution in [0.25, 0.3) is 0 Å². The molecule has 0 aliphatic carbocycles. The highest BCUT2D eigenvalue weighted by Crippen LogP contribution is 2.15. The molecule has 1 heterocycles. The summed E-state index contributed by atoms with van der Waals surface area (Å²) in [6, 6.07) is -1.59. The van der Waals surface area contributed by atoms with Gasteiger partial charge in [0.1, 0.15) is 25.3 Å². The molecule has 0 aromatic carbocycles. The number of hydrogen-bond donors (Lipinski definition) is 2. The first kappa shape index (κ1) is 59.8. The summed E-state index contributed by atoms with van der Waals surface area (Å²) in [4.78, 5) is 56.3. The standard InChI is InChI=1S/C54H104N4O6/c1-5-9-13-17-21-25-29-33-41-57(42-34-30-26-22-18-14-10-6-2)45-47-63-51(59)39-37-49-53(61)56-50(54(62)55-49)38-40-52(60)64-48-46-58(43-35-31-27-23-19-15-11-7-3)44-36-32-28-24-20-16-12-8-4/h49-50H,5-48H2,1-4H3,(H,55,62)(H,56,61)/t49-,50-/m0/s1. The minimum Gasteiger partial charge on any atom is -0.464 e. The average Bonchev–Trinajstić information content (AvgIpc) is 3.29. The molecule has 0 aromatic heterocycles. The van der Waals surface area contributed by atoms with E-state index in [1.165, 1.54) is 205 Å². The van der Waals surface area contributed by atoms with Crippen LogP contribution in [0.4, 0.5) is 0 Å². The number of ether oxygens (including phenoxy) is 2. The van der Waals surface area contributed by atoms with E-state index in [2.05, 4.69) is 48.1 Å². The fraction of sp³-hybridized carbons (Fsp3) is 0.926. The summed E-state index contributed by atoms with van der Waals surface area (Å²) in [6.07, 6.45) is 41.9. The average molecular weight is 905 g/mol. The van der Waals surface area contributed by atoms with Gasteiger partial charge < -0.3 is 20.1 Å². The van der Waals surface area contributed by atoms with Crippen molar-refractivity contribution in [3.05, 3.63) is 0 Å². The van der Waals surface area contributed by atoms with Crippen molar-refractivity contribution in [2.24, 2.45) is 0 Å².